The second-order valence-electron chi connectivity index (χ2n) is 3.83. The van der Waals surface area contributed by atoms with Crippen molar-refractivity contribution in [2.24, 2.45) is 5.18 Å². The molecule has 2 aromatic rings. The summed E-state index contributed by atoms with van der Waals surface area (Å²) in [6.45, 7) is 4.47. The van der Waals surface area contributed by atoms with Gasteiger partial charge in [-0.15, -0.1) is 9.59 Å². The lowest BCUT2D eigenvalue weighted by molar-refractivity contribution is -0.747. The van der Waals surface area contributed by atoms with Crippen LogP contribution >= 0.6 is 0 Å². The van der Waals surface area contributed by atoms with Crippen LogP contribution in [0.1, 0.15) is 17.0 Å². The SMILES string of the molecule is Cc1[nH][n+](Cc2ccccc2)c(C)c1N=O. The van der Waals surface area contributed by atoms with Crippen LogP contribution in [-0.4, -0.2) is 5.10 Å². The van der Waals surface area contributed by atoms with Crippen molar-refractivity contribution in [3.05, 3.63) is 52.2 Å². The molecule has 0 radical (unpaired) electrons. The fourth-order valence-corrected chi connectivity index (χ4v) is 1.80. The van der Waals surface area contributed by atoms with Crippen molar-refractivity contribution in [3.63, 3.8) is 0 Å². The molecule has 1 N–H and O–H groups in total. The highest BCUT2D eigenvalue weighted by Gasteiger charge is 2.19. The zero-order valence-electron chi connectivity index (χ0n) is 9.40. The molecular formula is C12H14N3O+. The molecule has 0 aliphatic carbocycles. The van der Waals surface area contributed by atoms with E-state index in [-0.39, 0.29) is 0 Å². The number of benzene rings is 1. The maximum absolute atomic E-state index is 10.6. The summed E-state index contributed by atoms with van der Waals surface area (Å²) in [7, 11) is 0. The molecule has 1 aromatic heterocycles. The number of nitrogens with zero attached hydrogens (tertiary/aromatic N) is 2. The molecule has 1 heterocycles. The summed E-state index contributed by atoms with van der Waals surface area (Å²) in [6.07, 6.45) is 0. The van der Waals surface area contributed by atoms with Gasteiger partial charge in [-0.05, 0) is 12.1 Å². The smallest absolute Gasteiger partial charge is 0.167 e. The van der Waals surface area contributed by atoms with Crippen molar-refractivity contribution >= 4 is 5.69 Å². The van der Waals surface area contributed by atoms with Crippen molar-refractivity contribution < 1.29 is 4.68 Å². The predicted molar refractivity (Wildman–Crippen MR) is 61.5 cm³/mol. The van der Waals surface area contributed by atoms with Crippen LogP contribution in [0.3, 0.4) is 0 Å². The molecule has 0 atom stereocenters. The Balaban J connectivity index is 2.32. The minimum absolute atomic E-state index is 0.510. The van der Waals surface area contributed by atoms with Gasteiger partial charge in [0.2, 0.25) is 11.4 Å². The van der Waals surface area contributed by atoms with E-state index in [0.717, 1.165) is 17.9 Å². The number of nitrogens with one attached hydrogen (secondary N) is 1. The highest BCUT2D eigenvalue weighted by molar-refractivity contribution is 5.42. The molecule has 0 saturated carbocycles. The van der Waals surface area contributed by atoms with Crippen LogP contribution < -0.4 is 4.68 Å². The van der Waals surface area contributed by atoms with E-state index in [0.29, 0.717) is 5.69 Å². The van der Waals surface area contributed by atoms with Gasteiger partial charge in [0.15, 0.2) is 6.54 Å². The summed E-state index contributed by atoms with van der Waals surface area (Å²) in [5.74, 6) is 0. The topological polar surface area (TPSA) is 49.1 Å². The van der Waals surface area contributed by atoms with Crippen molar-refractivity contribution in [2.75, 3.05) is 0 Å². The molecule has 2 rings (SSSR count). The number of H-pyrrole nitrogens is 1. The second kappa shape index (κ2) is 4.26. The largest absolute Gasteiger partial charge is 0.234 e. The number of aromatic amines is 1. The van der Waals surface area contributed by atoms with Crippen LogP contribution in [-0.2, 0) is 6.54 Å². The summed E-state index contributed by atoms with van der Waals surface area (Å²) in [6, 6.07) is 10.1. The molecule has 0 spiro atoms. The second-order valence-corrected chi connectivity index (χ2v) is 3.83. The molecule has 0 aliphatic rings. The first kappa shape index (κ1) is 10.5. The number of hydrogen-bond donors (Lipinski definition) is 1. The minimum Gasteiger partial charge on any atom is -0.167 e. The van der Waals surface area contributed by atoms with Gasteiger partial charge >= 0.3 is 0 Å². The summed E-state index contributed by atoms with van der Waals surface area (Å²) in [4.78, 5) is 10.6. The van der Waals surface area contributed by atoms with E-state index in [4.69, 9.17) is 0 Å². The Hall–Kier alpha value is -1.97. The average Bonchev–Trinajstić information content (AvgIpc) is 2.55. The van der Waals surface area contributed by atoms with Crippen molar-refractivity contribution in [1.82, 2.24) is 5.10 Å². The lowest BCUT2D eigenvalue weighted by Crippen LogP contribution is -2.38. The number of rotatable bonds is 3. The number of aromatic nitrogens is 2. The standard InChI is InChI=1S/C12H13N3O/c1-9-12(14-16)10(2)15(13-9)8-11-6-4-3-5-7-11/h3-7H,8H2,1-2H3/p+1. The fourth-order valence-electron chi connectivity index (χ4n) is 1.80. The van der Waals surface area contributed by atoms with Crippen molar-refractivity contribution in [2.45, 2.75) is 20.4 Å². The van der Waals surface area contributed by atoms with Gasteiger partial charge in [0.05, 0.1) is 0 Å². The fraction of sp³-hybridized carbons (Fsp3) is 0.250. The van der Waals surface area contributed by atoms with E-state index in [1.165, 1.54) is 5.56 Å². The van der Waals surface area contributed by atoms with Crippen LogP contribution in [0.2, 0.25) is 0 Å². The normalized spacial score (nSPS) is 10.4. The van der Waals surface area contributed by atoms with Gasteiger partial charge in [0.25, 0.3) is 0 Å². The molecule has 16 heavy (non-hydrogen) atoms. The Morgan fingerprint density at radius 1 is 1.25 bits per heavy atom. The van der Waals surface area contributed by atoms with Gasteiger partial charge in [-0.25, -0.2) is 0 Å². The lowest BCUT2D eigenvalue weighted by atomic mass is 10.2. The van der Waals surface area contributed by atoms with E-state index < -0.39 is 0 Å². The summed E-state index contributed by atoms with van der Waals surface area (Å²) in [5.41, 5.74) is 3.38. The van der Waals surface area contributed by atoms with Gasteiger partial charge < -0.3 is 0 Å². The van der Waals surface area contributed by atoms with Gasteiger partial charge in [-0.1, -0.05) is 30.3 Å². The van der Waals surface area contributed by atoms with Crippen LogP contribution in [0.15, 0.2) is 35.5 Å². The molecule has 0 bridgehead atoms. The molecule has 82 valence electrons. The van der Waals surface area contributed by atoms with Crippen molar-refractivity contribution in [3.8, 4) is 0 Å². The van der Waals surface area contributed by atoms with Gasteiger partial charge in [0, 0.05) is 12.5 Å². The average molecular weight is 216 g/mol. The first-order valence-corrected chi connectivity index (χ1v) is 5.18. The Morgan fingerprint density at radius 2 is 1.94 bits per heavy atom. The van der Waals surface area contributed by atoms with E-state index in [1.807, 2.05) is 36.7 Å². The molecule has 0 unspecified atom stereocenters. The highest BCUT2D eigenvalue weighted by Crippen LogP contribution is 2.18. The Morgan fingerprint density at radius 3 is 2.50 bits per heavy atom. The molecular weight excluding hydrogens is 202 g/mol. The molecule has 0 saturated heterocycles. The monoisotopic (exact) mass is 216 g/mol. The third-order valence-corrected chi connectivity index (χ3v) is 2.68. The Labute approximate surface area is 93.9 Å². The van der Waals surface area contributed by atoms with Crippen molar-refractivity contribution in [1.29, 1.82) is 0 Å². The van der Waals surface area contributed by atoms with Gasteiger partial charge in [-0.2, -0.15) is 5.10 Å². The Kier molecular flexibility index (Phi) is 2.81. The number of nitroso groups, excluding NO2 is 1. The molecule has 0 amide bonds. The van der Waals surface area contributed by atoms with E-state index in [9.17, 15) is 4.91 Å². The first-order valence-electron chi connectivity index (χ1n) is 5.18. The maximum atomic E-state index is 10.6. The maximum Gasteiger partial charge on any atom is 0.234 e. The lowest BCUT2D eigenvalue weighted by Gasteiger charge is -1.94. The number of aryl methyl sites for hydroxylation is 1. The molecule has 4 nitrogen and oxygen atoms in total. The highest BCUT2D eigenvalue weighted by atomic mass is 16.3. The quantitative estimate of drug-likeness (QED) is 0.621. The van der Waals surface area contributed by atoms with Gasteiger partial charge in [-0.3, -0.25) is 0 Å². The van der Waals surface area contributed by atoms with Crippen LogP contribution in [0, 0.1) is 18.8 Å². The molecule has 4 heteroatoms. The van der Waals surface area contributed by atoms with Crippen LogP contribution in [0.4, 0.5) is 5.69 Å². The Bertz CT molecular complexity index is 502. The molecule has 0 fully saturated rings. The van der Waals surface area contributed by atoms with E-state index >= 15 is 0 Å². The number of hydrogen-bond acceptors (Lipinski definition) is 2. The zero-order chi connectivity index (χ0) is 11.5. The van der Waals surface area contributed by atoms with E-state index in [1.54, 1.807) is 0 Å². The van der Waals surface area contributed by atoms with Crippen LogP contribution in [0.5, 0.6) is 0 Å². The predicted octanol–water partition coefficient (Wildman–Crippen LogP) is 2.37. The van der Waals surface area contributed by atoms with Crippen LogP contribution in [0.25, 0.3) is 0 Å². The minimum atomic E-state index is 0.510. The summed E-state index contributed by atoms with van der Waals surface area (Å²) in [5, 5.41) is 6.17. The summed E-state index contributed by atoms with van der Waals surface area (Å²) < 4.78 is 1.93. The molecule has 1 aromatic carbocycles. The van der Waals surface area contributed by atoms with E-state index in [2.05, 4.69) is 22.4 Å². The first-order chi connectivity index (χ1) is 7.72. The third-order valence-electron chi connectivity index (χ3n) is 2.68. The summed E-state index contributed by atoms with van der Waals surface area (Å²) >= 11 is 0. The van der Waals surface area contributed by atoms with Gasteiger partial charge in [0.1, 0.15) is 5.69 Å². The third kappa shape index (κ3) is 1.86. The molecule has 0 aliphatic heterocycles. The zero-order valence-corrected chi connectivity index (χ0v) is 9.40.